The second-order valence-corrected chi connectivity index (χ2v) is 5.88. The van der Waals surface area contributed by atoms with Crippen LogP contribution in [0, 0.1) is 0 Å². The maximum absolute atomic E-state index is 4.45. The molecule has 0 radical (unpaired) electrons. The standard InChI is InChI=1S/C16H31N7/c1-5-15-20-19-13-23(15)11-9-18-16(17-4)22-10-8-14(12-22)21(6-2)7-3/h13-14H,5-12H2,1-4H3,(H,17,18). The van der Waals surface area contributed by atoms with Gasteiger partial charge >= 0.3 is 0 Å². The number of hydrogen-bond acceptors (Lipinski definition) is 4. The zero-order valence-corrected chi connectivity index (χ0v) is 15.0. The van der Waals surface area contributed by atoms with Crippen molar-refractivity contribution in [2.75, 3.05) is 39.8 Å². The highest BCUT2D eigenvalue weighted by atomic mass is 15.3. The van der Waals surface area contributed by atoms with E-state index in [2.05, 4.69) is 55.6 Å². The van der Waals surface area contributed by atoms with Gasteiger partial charge in [-0.1, -0.05) is 20.8 Å². The third kappa shape index (κ3) is 4.43. The fraction of sp³-hybridized carbons (Fsp3) is 0.812. The molecule has 1 aliphatic rings. The number of likely N-dealkylation sites (N-methyl/N-ethyl adjacent to an activating group) is 1. The van der Waals surface area contributed by atoms with Crippen LogP contribution in [-0.2, 0) is 13.0 Å². The molecule has 1 N–H and O–H groups in total. The highest BCUT2D eigenvalue weighted by molar-refractivity contribution is 5.80. The lowest BCUT2D eigenvalue weighted by molar-refractivity contribution is 0.223. The number of guanidine groups is 1. The number of hydrogen-bond donors (Lipinski definition) is 1. The third-order valence-electron chi connectivity index (χ3n) is 4.65. The molecule has 0 aliphatic carbocycles. The van der Waals surface area contributed by atoms with Crippen molar-refractivity contribution in [3.05, 3.63) is 12.2 Å². The number of aryl methyl sites for hydroxylation is 1. The Morgan fingerprint density at radius 1 is 1.39 bits per heavy atom. The van der Waals surface area contributed by atoms with E-state index >= 15 is 0 Å². The lowest BCUT2D eigenvalue weighted by Crippen LogP contribution is -2.44. The summed E-state index contributed by atoms with van der Waals surface area (Å²) in [6, 6.07) is 0.646. The van der Waals surface area contributed by atoms with Crippen molar-refractivity contribution in [2.45, 2.75) is 46.2 Å². The molecule has 1 saturated heterocycles. The molecule has 0 aromatic carbocycles. The molecular weight excluding hydrogens is 290 g/mol. The normalized spacial score (nSPS) is 18.9. The topological polar surface area (TPSA) is 61.6 Å². The average molecular weight is 321 g/mol. The lowest BCUT2D eigenvalue weighted by atomic mass is 10.2. The van der Waals surface area contributed by atoms with E-state index in [1.54, 1.807) is 6.33 Å². The molecule has 1 aliphatic heterocycles. The Morgan fingerprint density at radius 2 is 2.17 bits per heavy atom. The van der Waals surface area contributed by atoms with Crippen molar-refractivity contribution >= 4 is 5.96 Å². The zero-order chi connectivity index (χ0) is 16.7. The van der Waals surface area contributed by atoms with E-state index in [0.29, 0.717) is 6.04 Å². The second-order valence-electron chi connectivity index (χ2n) is 5.88. The summed E-state index contributed by atoms with van der Waals surface area (Å²) in [6.45, 7) is 12.7. The van der Waals surface area contributed by atoms with Gasteiger partial charge in [0.25, 0.3) is 0 Å². The summed E-state index contributed by atoms with van der Waals surface area (Å²) in [5.41, 5.74) is 0. The Balaban J connectivity index is 1.82. The minimum absolute atomic E-state index is 0.646. The Morgan fingerprint density at radius 3 is 2.83 bits per heavy atom. The first-order valence-electron chi connectivity index (χ1n) is 8.79. The molecular formula is C16H31N7. The van der Waals surface area contributed by atoms with Gasteiger partial charge in [0, 0.05) is 45.7 Å². The van der Waals surface area contributed by atoms with Crippen LogP contribution >= 0.6 is 0 Å². The molecule has 0 saturated carbocycles. The maximum Gasteiger partial charge on any atom is 0.193 e. The first kappa shape index (κ1) is 17.7. The molecule has 0 spiro atoms. The van der Waals surface area contributed by atoms with Crippen LogP contribution in [0.15, 0.2) is 11.3 Å². The summed E-state index contributed by atoms with van der Waals surface area (Å²) in [6.07, 6.45) is 3.93. The molecule has 1 aromatic rings. The smallest absolute Gasteiger partial charge is 0.193 e. The summed E-state index contributed by atoms with van der Waals surface area (Å²) >= 11 is 0. The van der Waals surface area contributed by atoms with Gasteiger partial charge in [0.1, 0.15) is 12.2 Å². The highest BCUT2D eigenvalue weighted by Gasteiger charge is 2.27. The fourth-order valence-electron chi connectivity index (χ4n) is 3.33. The van der Waals surface area contributed by atoms with Crippen molar-refractivity contribution in [1.29, 1.82) is 0 Å². The SMILES string of the molecule is CCc1nncn1CCNC(=NC)N1CCC(N(CC)CC)C1. The first-order chi connectivity index (χ1) is 11.2. The summed E-state index contributed by atoms with van der Waals surface area (Å²) < 4.78 is 2.10. The van der Waals surface area contributed by atoms with E-state index in [9.17, 15) is 0 Å². The number of aliphatic imine (C=N–C) groups is 1. The molecule has 130 valence electrons. The molecule has 0 amide bonds. The van der Waals surface area contributed by atoms with Crippen LogP contribution in [0.5, 0.6) is 0 Å². The molecule has 23 heavy (non-hydrogen) atoms. The monoisotopic (exact) mass is 321 g/mol. The van der Waals surface area contributed by atoms with Crippen LogP contribution in [-0.4, -0.2) is 76.3 Å². The van der Waals surface area contributed by atoms with Gasteiger partial charge in [-0.2, -0.15) is 0 Å². The number of nitrogens with one attached hydrogen (secondary N) is 1. The van der Waals surface area contributed by atoms with Crippen LogP contribution in [0.25, 0.3) is 0 Å². The Kier molecular flexibility index (Phi) is 6.83. The molecule has 0 bridgehead atoms. The van der Waals surface area contributed by atoms with E-state index < -0.39 is 0 Å². The summed E-state index contributed by atoms with van der Waals surface area (Å²) in [4.78, 5) is 9.36. The Hall–Kier alpha value is -1.63. The predicted octanol–water partition coefficient (Wildman–Crippen LogP) is 0.832. The van der Waals surface area contributed by atoms with E-state index in [1.807, 2.05) is 7.05 Å². The van der Waals surface area contributed by atoms with E-state index in [4.69, 9.17) is 0 Å². The van der Waals surface area contributed by atoms with Gasteiger partial charge in [-0.05, 0) is 19.5 Å². The highest BCUT2D eigenvalue weighted by Crippen LogP contribution is 2.15. The largest absolute Gasteiger partial charge is 0.354 e. The van der Waals surface area contributed by atoms with Gasteiger partial charge in [0.15, 0.2) is 5.96 Å². The van der Waals surface area contributed by atoms with Crippen LogP contribution in [0.2, 0.25) is 0 Å². The minimum Gasteiger partial charge on any atom is -0.354 e. The van der Waals surface area contributed by atoms with E-state index in [0.717, 1.165) is 57.5 Å². The number of nitrogens with zero attached hydrogens (tertiary/aromatic N) is 6. The van der Waals surface area contributed by atoms with Crippen molar-refractivity contribution in [1.82, 2.24) is 29.9 Å². The number of aromatic nitrogens is 3. The summed E-state index contributed by atoms with van der Waals surface area (Å²) in [5, 5.41) is 11.6. The number of likely N-dealkylation sites (tertiary alicyclic amines) is 1. The van der Waals surface area contributed by atoms with Gasteiger partial charge in [-0.25, -0.2) is 0 Å². The second kappa shape index (κ2) is 8.86. The van der Waals surface area contributed by atoms with Gasteiger partial charge in [0.05, 0.1) is 0 Å². The molecule has 7 nitrogen and oxygen atoms in total. The number of rotatable bonds is 7. The van der Waals surface area contributed by atoms with Gasteiger partial charge in [-0.3, -0.25) is 9.89 Å². The maximum atomic E-state index is 4.45. The molecule has 1 unspecified atom stereocenters. The van der Waals surface area contributed by atoms with E-state index in [-0.39, 0.29) is 0 Å². The van der Waals surface area contributed by atoms with Crippen molar-refractivity contribution in [3.8, 4) is 0 Å². The zero-order valence-electron chi connectivity index (χ0n) is 15.0. The molecule has 1 fully saturated rings. The van der Waals surface area contributed by atoms with Crippen LogP contribution in [0.3, 0.4) is 0 Å². The van der Waals surface area contributed by atoms with Crippen LogP contribution in [0.4, 0.5) is 0 Å². The first-order valence-corrected chi connectivity index (χ1v) is 8.79. The van der Waals surface area contributed by atoms with Gasteiger partial charge < -0.3 is 14.8 Å². The lowest BCUT2D eigenvalue weighted by Gasteiger charge is -2.27. The Bertz CT molecular complexity index is 492. The van der Waals surface area contributed by atoms with E-state index in [1.165, 1.54) is 6.42 Å². The molecule has 2 heterocycles. The molecule has 7 heteroatoms. The quantitative estimate of drug-likeness (QED) is 0.595. The van der Waals surface area contributed by atoms with Crippen molar-refractivity contribution in [3.63, 3.8) is 0 Å². The van der Waals surface area contributed by atoms with Gasteiger partial charge in [-0.15, -0.1) is 10.2 Å². The Labute approximate surface area is 139 Å². The van der Waals surface area contributed by atoms with Crippen molar-refractivity contribution < 1.29 is 0 Å². The van der Waals surface area contributed by atoms with Crippen LogP contribution < -0.4 is 5.32 Å². The molecule has 2 rings (SSSR count). The van der Waals surface area contributed by atoms with Gasteiger partial charge in [0.2, 0.25) is 0 Å². The molecule has 1 atom stereocenters. The molecule has 1 aromatic heterocycles. The summed E-state index contributed by atoms with van der Waals surface area (Å²) in [7, 11) is 1.86. The van der Waals surface area contributed by atoms with Crippen LogP contribution in [0.1, 0.15) is 33.0 Å². The predicted molar refractivity (Wildman–Crippen MR) is 93.7 cm³/mol. The van der Waals surface area contributed by atoms with Crippen molar-refractivity contribution in [2.24, 2.45) is 4.99 Å². The third-order valence-corrected chi connectivity index (χ3v) is 4.65. The minimum atomic E-state index is 0.646. The fourth-order valence-corrected chi connectivity index (χ4v) is 3.33. The average Bonchev–Trinajstić information content (AvgIpc) is 3.22. The summed E-state index contributed by atoms with van der Waals surface area (Å²) in [5.74, 6) is 2.04.